The summed E-state index contributed by atoms with van der Waals surface area (Å²) < 4.78 is 3.36. The van der Waals surface area contributed by atoms with Crippen LogP contribution in [0.25, 0.3) is 22.2 Å². The van der Waals surface area contributed by atoms with Crippen molar-refractivity contribution >= 4 is 56.8 Å². The number of carbonyl (C=O) groups excluding carboxylic acids is 1. The molecule has 3 N–H and O–H groups in total. The standard InChI is InChI=1S/C20H14Cl2N8OS/c1-10-9-32-20-27-26-19(30(10)20)14-6-5-11(7-24-14)25-15-8-29(28-16(15)18(23)31)17-12(21)3-2-4-13(17)22/h2-9,25H,1H3,(H2,23,31). The first-order valence-corrected chi connectivity index (χ1v) is 10.9. The second kappa shape index (κ2) is 7.90. The summed E-state index contributed by atoms with van der Waals surface area (Å²) >= 11 is 14.1. The number of nitrogens with one attached hydrogen (secondary N) is 1. The van der Waals surface area contributed by atoms with Gasteiger partial charge in [-0.1, -0.05) is 29.3 Å². The molecule has 32 heavy (non-hydrogen) atoms. The first-order valence-electron chi connectivity index (χ1n) is 9.29. The van der Waals surface area contributed by atoms with E-state index >= 15 is 0 Å². The maximum Gasteiger partial charge on any atom is 0.271 e. The zero-order valence-electron chi connectivity index (χ0n) is 16.5. The maximum atomic E-state index is 12.0. The highest BCUT2D eigenvalue weighted by molar-refractivity contribution is 7.15. The molecule has 1 amide bonds. The minimum atomic E-state index is -0.696. The quantitative estimate of drug-likeness (QED) is 0.379. The fraction of sp³-hybridized carbons (Fsp3) is 0.0500. The van der Waals surface area contributed by atoms with E-state index < -0.39 is 5.91 Å². The number of halogens is 2. The third-order valence-electron chi connectivity index (χ3n) is 4.71. The maximum absolute atomic E-state index is 12.0. The van der Waals surface area contributed by atoms with Crippen LogP contribution in [0.15, 0.2) is 48.1 Å². The highest BCUT2D eigenvalue weighted by Crippen LogP contribution is 2.31. The van der Waals surface area contributed by atoms with Gasteiger partial charge in [-0.25, -0.2) is 4.68 Å². The summed E-state index contributed by atoms with van der Waals surface area (Å²) in [6.07, 6.45) is 3.22. The van der Waals surface area contributed by atoms with E-state index in [9.17, 15) is 4.79 Å². The van der Waals surface area contributed by atoms with Gasteiger partial charge in [0.2, 0.25) is 4.96 Å². The molecule has 5 rings (SSSR count). The Labute approximate surface area is 195 Å². The van der Waals surface area contributed by atoms with Gasteiger partial charge in [-0.15, -0.1) is 21.5 Å². The van der Waals surface area contributed by atoms with E-state index in [1.165, 1.54) is 16.0 Å². The molecule has 4 heterocycles. The molecule has 0 saturated carbocycles. The molecule has 0 unspecified atom stereocenters. The number of rotatable bonds is 5. The van der Waals surface area contributed by atoms with Gasteiger partial charge in [0, 0.05) is 11.1 Å². The number of para-hydroxylation sites is 1. The van der Waals surface area contributed by atoms with E-state index in [1.807, 2.05) is 28.8 Å². The molecule has 0 aliphatic heterocycles. The largest absolute Gasteiger partial charge is 0.364 e. The summed E-state index contributed by atoms with van der Waals surface area (Å²) in [6, 6.07) is 8.71. The Kier molecular flexibility index (Phi) is 5.04. The summed E-state index contributed by atoms with van der Waals surface area (Å²) in [5.41, 5.74) is 8.73. The Morgan fingerprint density at radius 3 is 2.62 bits per heavy atom. The van der Waals surface area contributed by atoms with Crippen molar-refractivity contribution in [2.45, 2.75) is 6.92 Å². The van der Waals surface area contributed by atoms with Gasteiger partial charge in [-0.05, 0) is 31.2 Å². The van der Waals surface area contributed by atoms with E-state index in [1.54, 1.807) is 30.6 Å². The van der Waals surface area contributed by atoms with E-state index in [-0.39, 0.29) is 5.69 Å². The van der Waals surface area contributed by atoms with Crippen LogP contribution in [0.4, 0.5) is 11.4 Å². The molecule has 0 radical (unpaired) electrons. The highest BCUT2D eigenvalue weighted by atomic mass is 35.5. The molecule has 4 aromatic heterocycles. The van der Waals surface area contributed by atoms with Crippen molar-refractivity contribution < 1.29 is 4.79 Å². The number of pyridine rings is 1. The number of aryl methyl sites for hydroxylation is 1. The minimum Gasteiger partial charge on any atom is -0.364 e. The van der Waals surface area contributed by atoms with Crippen LogP contribution in [0.5, 0.6) is 0 Å². The topological polar surface area (TPSA) is 116 Å². The molecule has 0 fully saturated rings. The van der Waals surface area contributed by atoms with Crippen molar-refractivity contribution in [1.29, 1.82) is 0 Å². The van der Waals surface area contributed by atoms with Gasteiger partial charge in [-0.2, -0.15) is 5.10 Å². The molecule has 0 aliphatic carbocycles. The number of nitrogens with zero attached hydrogens (tertiary/aromatic N) is 6. The lowest BCUT2D eigenvalue weighted by molar-refractivity contribution is 0.0996. The number of fused-ring (bicyclic) bond motifs is 1. The van der Waals surface area contributed by atoms with E-state index in [0.29, 0.717) is 38.6 Å². The molecule has 0 bridgehead atoms. The van der Waals surface area contributed by atoms with Gasteiger partial charge in [0.25, 0.3) is 5.91 Å². The molecule has 160 valence electrons. The number of thiazole rings is 1. The second-order valence-electron chi connectivity index (χ2n) is 6.85. The lowest BCUT2D eigenvalue weighted by Crippen LogP contribution is -2.14. The molecule has 1 aromatic carbocycles. The number of benzene rings is 1. The Balaban J connectivity index is 1.48. The Morgan fingerprint density at radius 1 is 1.16 bits per heavy atom. The van der Waals surface area contributed by atoms with Crippen LogP contribution < -0.4 is 11.1 Å². The predicted octanol–water partition coefficient (Wildman–Crippen LogP) is 4.50. The summed E-state index contributed by atoms with van der Waals surface area (Å²) in [6.45, 7) is 1.99. The molecule has 0 atom stereocenters. The molecule has 9 nitrogen and oxygen atoms in total. The van der Waals surface area contributed by atoms with Crippen molar-refractivity contribution in [3.63, 3.8) is 0 Å². The van der Waals surface area contributed by atoms with Gasteiger partial charge in [-0.3, -0.25) is 14.2 Å². The third kappa shape index (κ3) is 3.48. The molecule has 0 spiro atoms. The molecule has 5 aromatic rings. The molecule has 12 heteroatoms. The van der Waals surface area contributed by atoms with Crippen LogP contribution in [0.2, 0.25) is 10.0 Å². The number of nitrogens with two attached hydrogens (primary N) is 1. The van der Waals surface area contributed by atoms with Crippen LogP contribution in [-0.4, -0.2) is 35.3 Å². The van der Waals surface area contributed by atoms with Crippen LogP contribution in [0, 0.1) is 6.92 Å². The van der Waals surface area contributed by atoms with Crippen LogP contribution >= 0.6 is 34.5 Å². The van der Waals surface area contributed by atoms with Gasteiger partial charge in [0.15, 0.2) is 11.5 Å². The fourth-order valence-electron chi connectivity index (χ4n) is 3.25. The molecule has 0 aliphatic rings. The Bertz CT molecular complexity index is 1450. The second-order valence-corrected chi connectivity index (χ2v) is 8.50. The summed E-state index contributed by atoms with van der Waals surface area (Å²) in [4.78, 5) is 17.3. The molecular formula is C20H14Cl2N8OS. The van der Waals surface area contributed by atoms with Crippen LogP contribution in [0.3, 0.4) is 0 Å². The van der Waals surface area contributed by atoms with Crippen molar-refractivity contribution in [1.82, 2.24) is 29.4 Å². The first-order chi connectivity index (χ1) is 15.4. The Hall–Kier alpha value is -3.47. The van der Waals surface area contributed by atoms with Crippen molar-refractivity contribution in [3.05, 3.63) is 69.5 Å². The number of anilines is 2. The number of hydrogen-bond donors (Lipinski definition) is 2. The van der Waals surface area contributed by atoms with Gasteiger partial charge in [0.1, 0.15) is 11.4 Å². The lowest BCUT2D eigenvalue weighted by Gasteiger charge is -2.06. The number of primary amides is 1. The molecular weight excluding hydrogens is 471 g/mol. The number of aromatic nitrogens is 6. The fourth-order valence-corrected chi connectivity index (χ4v) is 4.62. The number of hydrogen-bond acceptors (Lipinski definition) is 7. The summed E-state index contributed by atoms with van der Waals surface area (Å²) in [5.74, 6) is -0.0397. The SMILES string of the molecule is Cc1csc2nnc(-c3ccc(Nc4cn(-c5c(Cl)cccc5Cl)nc4C(N)=O)cn3)n12. The average Bonchev–Trinajstić information content (AvgIpc) is 3.46. The predicted molar refractivity (Wildman–Crippen MR) is 124 cm³/mol. The van der Waals surface area contributed by atoms with E-state index in [4.69, 9.17) is 28.9 Å². The van der Waals surface area contributed by atoms with E-state index in [0.717, 1.165) is 10.7 Å². The number of amides is 1. The zero-order chi connectivity index (χ0) is 22.4. The van der Waals surface area contributed by atoms with Gasteiger partial charge < -0.3 is 11.1 Å². The van der Waals surface area contributed by atoms with Gasteiger partial charge in [0.05, 0.1) is 33.8 Å². The third-order valence-corrected chi connectivity index (χ3v) is 6.25. The highest BCUT2D eigenvalue weighted by Gasteiger charge is 2.19. The average molecular weight is 485 g/mol. The number of carbonyl (C=O) groups is 1. The smallest absolute Gasteiger partial charge is 0.271 e. The van der Waals surface area contributed by atoms with Crippen molar-refractivity contribution in [2.24, 2.45) is 5.73 Å². The molecule has 0 saturated heterocycles. The monoisotopic (exact) mass is 484 g/mol. The summed E-state index contributed by atoms with van der Waals surface area (Å²) in [5, 5.41) is 18.6. The Morgan fingerprint density at radius 2 is 1.94 bits per heavy atom. The lowest BCUT2D eigenvalue weighted by atomic mass is 10.3. The zero-order valence-corrected chi connectivity index (χ0v) is 18.8. The van der Waals surface area contributed by atoms with Gasteiger partial charge >= 0.3 is 0 Å². The van der Waals surface area contributed by atoms with Crippen LogP contribution in [0.1, 0.15) is 16.2 Å². The normalized spacial score (nSPS) is 11.2. The van der Waals surface area contributed by atoms with Crippen molar-refractivity contribution in [2.75, 3.05) is 5.32 Å². The van der Waals surface area contributed by atoms with Crippen LogP contribution in [-0.2, 0) is 0 Å². The van der Waals surface area contributed by atoms with Crippen molar-refractivity contribution in [3.8, 4) is 17.2 Å². The summed E-state index contributed by atoms with van der Waals surface area (Å²) in [7, 11) is 0. The van der Waals surface area contributed by atoms with E-state index in [2.05, 4.69) is 25.6 Å². The first kappa shape index (κ1) is 20.4. The minimum absolute atomic E-state index is 0.0399.